The minimum absolute atomic E-state index is 0. The Morgan fingerprint density at radius 2 is 0.741 bits per heavy atom. The van der Waals surface area contributed by atoms with Crippen LogP contribution in [0.15, 0.2) is 269 Å². The van der Waals surface area contributed by atoms with Crippen LogP contribution >= 0.6 is 105 Å². The third-order valence-electron chi connectivity index (χ3n) is 11.4. The number of nitro groups is 4. The number of nitro benzene ring substituents is 4. The van der Waals surface area contributed by atoms with Gasteiger partial charge in [-0.05, 0) is 116 Å². The van der Waals surface area contributed by atoms with Gasteiger partial charge < -0.3 is 57.9 Å². The van der Waals surface area contributed by atoms with Crippen LogP contribution < -0.4 is 32.4 Å². The molecule has 0 aliphatic heterocycles. The highest BCUT2D eigenvalue weighted by Crippen LogP contribution is 2.43. The molecule has 0 saturated heterocycles. The molecule has 568 valence electrons. The fourth-order valence-electron chi connectivity index (χ4n) is 6.69. The van der Waals surface area contributed by atoms with Gasteiger partial charge in [-0.25, -0.2) is 24.0 Å². The van der Waals surface area contributed by atoms with Crippen molar-refractivity contribution in [2.45, 2.75) is 67.8 Å². The Morgan fingerprint density at radius 1 is 0.426 bits per heavy atom. The number of nitrogens with two attached hydrogens (primary N) is 2. The summed E-state index contributed by atoms with van der Waals surface area (Å²) in [7, 11) is 5.01. The molecule has 9 rings (SSSR count). The minimum atomic E-state index is -1.43. The number of nitrogens with one attached hydrogen (secondary N) is 1. The maximum Gasteiger partial charge on any atom is 0.368 e. The van der Waals surface area contributed by atoms with E-state index in [4.69, 9.17) is 46.6 Å². The number of hydrogen-bond acceptors (Lipinski definition) is 31. The van der Waals surface area contributed by atoms with E-state index >= 15 is 0 Å². The van der Waals surface area contributed by atoms with Crippen LogP contribution in [0.4, 0.5) is 22.7 Å². The summed E-state index contributed by atoms with van der Waals surface area (Å²) < 4.78 is 9.10. The SMILES string of the molecule is C[C@H](N)C(=O)N[C@H](Sc1ccccc1)C(=O)O.N.N[C@H](Sc1ccccc1)C(=O)O.O=C(O)c1ccc(S)cc1[N+](=O)[O-].O=CC(=O)O.O=COc1ccc(SSc2ccc(C(=O)O)c([N+](=O)[O-])c2)cc1[N+](=O)[O-].O=COc1ccc(SSc2ccccc2)cc1[N+](=O)[O-].Sc1ccccc1.Sc1ccccc1. The number of benzene rings is 9. The summed E-state index contributed by atoms with van der Waals surface area (Å²) in [5.41, 5.74) is 8.28. The van der Waals surface area contributed by atoms with Crippen LogP contribution in [0, 0.1) is 40.5 Å². The number of ether oxygens (including phenoxy) is 2. The van der Waals surface area contributed by atoms with Crippen molar-refractivity contribution in [3.05, 3.63) is 276 Å². The Labute approximate surface area is 653 Å². The first-order chi connectivity index (χ1) is 50.8. The predicted octanol–water partition coefficient (Wildman–Crippen LogP) is 14.2. The Bertz CT molecular complexity index is 4410. The molecule has 0 bridgehead atoms. The molecule has 0 aliphatic rings. The number of aromatic carboxylic acids is 2. The van der Waals surface area contributed by atoms with Crippen molar-refractivity contribution < 1.29 is 97.9 Å². The lowest BCUT2D eigenvalue weighted by molar-refractivity contribution is -0.385. The molecular weight excluding hydrogens is 1590 g/mol. The molecule has 0 fully saturated rings. The third kappa shape index (κ3) is 38.9. The second kappa shape index (κ2) is 52.9. The van der Waals surface area contributed by atoms with Crippen LogP contribution in [0.3, 0.4) is 0 Å². The normalized spacial score (nSPS) is 10.4. The first kappa shape index (κ1) is 95.1. The Balaban J connectivity index is 0.000000645. The van der Waals surface area contributed by atoms with Crippen LogP contribution in [0.25, 0.3) is 0 Å². The van der Waals surface area contributed by atoms with Gasteiger partial charge in [-0.15, -0.1) is 37.9 Å². The van der Waals surface area contributed by atoms with Crippen molar-refractivity contribution in [2.75, 3.05) is 0 Å². The second-order valence-electron chi connectivity index (χ2n) is 19.1. The lowest BCUT2D eigenvalue weighted by atomic mass is 10.2. The van der Waals surface area contributed by atoms with Crippen molar-refractivity contribution in [3.63, 3.8) is 0 Å². The summed E-state index contributed by atoms with van der Waals surface area (Å²) in [5, 5.41) is 86.1. The second-order valence-corrected chi connectivity index (χ2v) is 27.6. The van der Waals surface area contributed by atoms with Crippen LogP contribution in [0.2, 0.25) is 0 Å². The predicted molar refractivity (Wildman–Crippen MR) is 416 cm³/mol. The molecule has 41 heteroatoms. The first-order valence-electron chi connectivity index (χ1n) is 28.9. The number of aldehydes is 1. The molecule has 108 heavy (non-hydrogen) atoms. The monoisotopic (exact) mass is 1650 g/mol. The van der Waals surface area contributed by atoms with Gasteiger partial charge in [-0.1, -0.05) is 158 Å². The van der Waals surface area contributed by atoms with Gasteiger partial charge in [0.15, 0.2) is 10.7 Å². The lowest BCUT2D eigenvalue weighted by Gasteiger charge is -2.15. The van der Waals surface area contributed by atoms with E-state index in [1.54, 1.807) is 30.3 Å². The van der Waals surface area contributed by atoms with E-state index in [1.165, 1.54) is 71.0 Å². The van der Waals surface area contributed by atoms with E-state index in [2.05, 4.69) is 52.7 Å². The van der Waals surface area contributed by atoms with E-state index in [1.807, 2.05) is 127 Å². The first-order valence-corrected chi connectivity index (χ1v) is 36.3. The molecule has 9 aromatic carbocycles. The highest BCUT2D eigenvalue weighted by Gasteiger charge is 2.25. The number of thiol groups is 3. The molecule has 0 unspecified atom stereocenters. The fraction of sp³-hybridized carbons (Fsp3) is 0.0597. The van der Waals surface area contributed by atoms with Crippen molar-refractivity contribution in [1.29, 1.82) is 0 Å². The average Bonchev–Trinajstić information content (AvgIpc) is 0.946. The smallest absolute Gasteiger partial charge is 0.368 e. The zero-order valence-corrected chi connectivity index (χ0v) is 62.8. The van der Waals surface area contributed by atoms with Crippen LogP contribution in [-0.2, 0) is 33.6 Å². The zero-order valence-electron chi connectivity index (χ0n) is 55.3. The molecule has 0 aliphatic carbocycles. The van der Waals surface area contributed by atoms with Gasteiger partial charge in [0.05, 0.1) is 25.7 Å². The molecule has 1 amide bonds. The zero-order chi connectivity index (χ0) is 80.0. The summed E-state index contributed by atoms with van der Waals surface area (Å²) in [4.78, 5) is 140. The fourth-order valence-corrected chi connectivity index (χ4v) is 12.7. The van der Waals surface area contributed by atoms with E-state index in [0.29, 0.717) is 19.6 Å². The molecule has 0 aromatic heterocycles. The number of carboxylic acids is 5. The number of rotatable bonds is 25. The molecule has 0 heterocycles. The number of aliphatic carboxylic acids is 3. The summed E-state index contributed by atoms with van der Waals surface area (Å²) in [6, 6.07) is 62.4. The third-order valence-corrected chi connectivity index (χ3v) is 19.1. The number of hydrogen-bond donors (Lipinski definition) is 12. The standard InChI is InChI=1S/C14H8N2O8S2.C13H9NO4S2.C11H14N2O3S.C8H9NO2S.C7H5NO4S.2C6H6S.C2H2O3.H3N/c17-7-24-13-4-2-9(6-12(13)16(22)23)26-25-8-1-3-10(14(18)19)11(5-8)15(20)21;15-9-18-13-7-6-11(8-12(13)14(16)17)20-19-10-4-2-1-3-5-10;1-7(12)9(14)13-10(11(15)16)17-8-5-3-2-4-6-8;9-7(8(10)11)12-6-4-2-1-3-5-6;9-7(10)5-2-1-4(13)3-6(5)8(11)12;2*7-6-4-2-1-3-5-6;3-1-2(4)5;/h1-7H,(H,18,19);1-9H;2-7,10H,12H2,1H3,(H,13,14)(H,15,16);1-5,7H,9H2,(H,10,11);1-3,13H,(H,9,10);2*1-5,7H;1H,(H,4,5);1H3/t;;7-,10+;7-;;;;;/m..01...../s1. The summed E-state index contributed by atoms with van der Waals surface area (Å²) in [6.45, 7) is 1.75. The van der Waals surface area contributed by atoms with E-state index < -0.39 is 94.9 Å². The average molecular weight is 1650 g/mol. The van der Waals surface area contributed by atoms with Crippen molar-refractivity contribution in [3.8, 4) is 11.5 Å². The molecule has 32 nitrogen and oxygen atoms in total. The Kier molecular flexibility index (Phi) is 46.6. The topological polar surface area (TPSA) is 545 Å². The van der Waals surface area contributed by atoms with Crippen molar-refractivity contribution in [1.82, 2.24) is 11.5 Å². The lowest BCUT2D eigenvalue weighted by Crippen LogP contribution is -2.45. The molecule has 3 atom stereocenters. The van der Waals surface area contributed by atoms with Crippen molar-refractivity contribution >= 4 is 182 Å². The van der Waals surface area contributed by atoms with E-state index in [0.717, 1.165) is 93.9 Å². The van der Waals surface area contributed by atoms with E-state index in [9.17, 15) is 74.0 Å². The van der Waals surface area contributed by atoms with Gasteiger partial charge >= 0.3 is 41.2 Å². The van der Waals surface area contributed by atoms with Gasteiger partial charge in [-0.2, -0.15) is 0 Å². The van der Waals surface area contributed by atoms with Gasteiger partial charge in [0.2, 0.25) is 23.7 Å². The van der Waals surface area contributed by atoms with Crippen molar-refractivity contribution in [2.24, 2.45) is 11.5 Å². The molecule has 13 N–H and O–H groups in total. The highest BCUT2D eigenvalue weighted by atomic mass is 33.1. The summed E-state index contributed by atoms with van der Waals surface area (Å²) >= 11 is 14.2. The molecule has 9 aromatic rings. The number of amides is 1. The minimum Gasteiger partial charge on any atom is -0.479 e. The Hall–Kier alpha value is -11.0. The molecule has 0 saturated carbocycles. The van der Waals surface area contributed by atoms with Gasteiger partial charge in [-0.3, -0.25) is 59.6 Å². The molecule has 0 spiro atoms. The summed E-state index contributed by atoms with van der Waals surface area (Å²) in [5.74, 6) is -7.01. The van der Waals surface area contributed by atoms with Gasteiger partial charge in [0.25, 0.3) is 24.3 Å². The molecular formula is C67H62N8O24S9. The number of carbonyl (C=O) groups is 9. The van der Waals surface area contributed by atoms with E-state index in [-0.39, 0.29) is 48.1 Å². The largest absolute Gasteiger partial charge is 0.479 e. The molecule has 0 radical (unpaired) electrons. The van der Waals surface area contributed by atoms with Crippen LogP contribution in [-0.4, -0.2) is 117 Å². The highest BCUT2D eigenvalue weighted by molar-refractivity contribution is 8.77. The maximum atomic E-state index is 11.3. The number of nitrogens with zero attached hydrogens (tertiary/aromatic N) is 4. The Morgan fingerprint density at radius 3 is 1.05 bits per heavy atom. The maximum absolute atomic E-state index is 11.3. The number of carboxylic acid groups (broad SMARTS) is 5. The van der Waals surface area contributed by atoms with Gasteiger partial charge in [0.1, 0.15) is 11.1 Å². The number of thioether (sulfide) groups is 2. The summed E-state index contributed by atoms with van der Waals surface area (Å²) in [6.07, 6.45) is -0.167. The van der Waals surface area contributed by atoms with Gasteiger partial charge in [0, 0.05) is 68.3 Å². The quantitative estimate of drug-likeness (QED) is 0.00369. The van der Waals surface area contributed by atoms with Crippen LogP contribution in [0.1, 0.15) is 27.6 Å². The van der Waals surface area contributed by atoms with Crippen LogP contribution in [0.5, 0.6) is 11.5 Å². The number of carbonyl (C=O) groups excluding carboxylic acids is 4.